The molecular formula is C19H31N3O3S. The number of nitrogens with zero attached hydrogens (tertiary/aromatic N) is 1. The van der Waals surface area contributed by atoms with Gasteiger partial charge in [-0.1, -0.05) is 26.0 Å². The van der Waals surface area contributed by atoms with Crippen LogP contribution >= 0.6 is 0 Å². The van der Waals surface area contributed by atoms with Gasteiger partial charge in [-0.05, 0) is 35.4 Å². The Labute approximate surface area is 157 Å². The van der Waals surface area contributed by atoms with Gasteiger partial charge in [-0.15, -0.1) is 0 Å². The zero-order chi connectivity index (χ0) is 19.2. The van der Waals surface area contributed by atoms with Gasteiger partial charge in [0.25, 0.3) is 0 Å². The second-order valence-corrected chi connectivity index (χ2v) is 9.95. The summed E-state index contributed by atoms with van der Waals surface area (Å²) < 4.78 is 28.2. The largest absolute Gasteiger partial charge is 0.493 e. The van der Waals surface area contributed by atoms with Crippen molar-refractivity contribution in [1.82, 2.24) is 10.6 Å². The number of hydrogen-bond donors (Lipinski definition) is 2. The van der Waals surface area contributed by atoms with Gasteiger partial charge in [-0.2, -0.15) is 0 Å². The first kappa shape index (κ1) is 20.6. The number of fused-ring (bicyclic) bond motifs is 1. The van der Waals surface area contributed by atoms with Crippen LogP contribution in [0.1, 0.15) is 31.4 Å². The zero-order valence-corrected chi connectivity index (χ0v) is 17.1. The highest BCUT2D eigenvalue weighted by Gasteiger charge is 2.20. The molecule has 1 heterocycles. The number of ether oxygens (including phenoxy) is 1. The maximum absolute atomic E-state index is 11.4. The van der Waals surface area contributed by atoms with E-state index in [0.717, 1.165) is 37.7 Å². The molecule has 0 fully saturated rings. The first-order chi connectivity index (χ1) is 12.2. The third-order valence-corrected chi connectivity index (χ3v) is 5.51. The Hall–Kier alpha value is -1.76. The summed E-state index contributed by atoms with van der Waals surface area (Å²) in [6.45, 7) is 6.35. The van der Waals surface area contributed by atoms with Gasteiger partial charge in [0.15, 0.2) is 5.96 Å². The van der Waals surface area contributed by atoms with Crippen molar-refractivity contribution in [3.63, 3.8) is 0 Å². The highest BCUT2D eigenvalue weighted by atomic mass is 32.2. The monoisotopic (exact) mass is 381 g/mol. The maximum atomic E-state index is 11.4. The Kier molecular flexibility index (Phi) is 6.92. The van der Waals surface area contributed by atoms with Crippen LogP contribution in [0.4, 0.5) is 0 Å². The van der Waals surface area contributed by atoms with Crippen molar-refractivity contribution in [2.45, 2.75) is 33.1 Å². The first-order valence-corrected chi connectivity index (χ1v) is 11.1. The van der Waals surface area contributed by atoms with E-state index in [-0.39, 0.29) is 11.2 Å². The Morgan fingerprint density at radius 3 is 2.77 bits per heavy atom. The van der Waals surface area contributed by atoms with Crippen molar-refractivity contribution in [1.29, 1.82) is 0 Å². The van der Waals surface area contributed by atoms with Crippen LogP contribution in [0.5, 0.6) is 5.75 Å². The Morgan fingerprint density at radius 2 is 2.08 bits per heavy atom. The molecule has 0 saturated carbocycles. The second-order valence-electron chi connectivity index (χ2n) is 7.69. The van der Waals surface area contributed by atoms with Crippen LogP contribution in [0.2, 0.25) is 0 Å². The van der Waals surface area contributed by atoms with Crippen molar-refractivity contribution in [2.75, 3.05) is 38.8 Å². The molecule has 6 nitrogen and oxygen atoms in total. The van der Waals surface area contributed by atoms with Crippen LogP contribution in [-0.2, 0) is 22.7 Å². The van der Waals surface area contributed by atoms with Crippen LogP contribution in [0.15, 0.2) is 23.2 Å². The molecule has 26 heavy (non-hydrogen) atoms. The van der Waals surface area contributed by atoms with E-state index in [2.05, 4.69) is 47.7 Å². The van der Waals surface area contributed by atoms with Gasteiger partial charge in [-0.3, -0.25) is 4.99 Å². The van der Waals surface area contributed by atoms with E-state index in [0.29, 0.717) is 13.0 Å². The molecule has 0 aliphatic carbocycles. The average molecular weight is 382 g/mol. The van der Waals surface area contributed by atoms with Crippen LogP contribution in [0.25, 0.3) is 0 Å². The fraction of sp³-hybridized carbons (Fsp3) is 0.632. The summed E-state index contributed by atoms with van der Waals surface area (Å²) in [6, 6.07) is 6.37. The molecule has 0 aromatic heterocycles. The van der Waals surface area contributed by atoms with E-state index in [1.54, 1.807) is 7.05 Å². The molecule has 0 amide bonds. The Bertz CT molecular complexity index is 742. The predicted octanol–water partition coefficient (Wildman–Crippen LogP) is 1.79. The van der Waals surface area contributed by atoms with Gasteiger partial charge in [-0.25, -0.2) is 8.42 Å². The summed E-state index contributed by atoms with van der Waals surface area (Å²) >= 11 is 0. The summed E-state index contributed by atoms with van der Waals surface area (Å²) in [5.41, 5.74) is 2.45. The van der Waals surface area contributed by atoms with Crippen LogP contribution in [-0.4, -0.2) is 53.1 Å². The minimum atomic E-state index is -2.93. The summed E-state index contributed by atoms with van der Waals surface area (Å²) in [4.78, 5) is 4.25. The SMILES string of the molecule is CN=C(NCCc1ccc2c(c1)CCO2)NCC(C)(C)CCS(C)(=O)=O. The lowest BCUT2D eigenvalue weighted by atomic mass is 9.90. The third kappa shape index (κ3) is 6.86. The molecule has 0 atom stereocenters. The summed E-state index contributed by atoms with van der Waals surface area (Å²) in [5, 5.41) is 6.62. The van der Waals surface area contributed by atoms with Gasteiger partial charge in [0.2, 0.25) is 0 Å². The number of guanidine groups is 1. The van der Waals surface area contributed by atoms with Crippen molar-refractivity contribution in [2.24, 2.45) is 10.4 Å². The molecule has 0 saturated heterocycles. The highest BCUT2D eigenvalue weighted by Crippen LogP contribution is 2.25. The standard InChI is InChI=1S/C19H31N3O3S/c1-19(2,9-12-26(4,23)24)14-22-18(20-3)21-10-7-15-5-6-17-16(13-15)8-11-25-17/h5-6,13H,7-12,14H2,1-4H3,(H2,20,21,22). The Balaban J connectivity index is 1.75. The topological polar surface area (TPSA) is 79.8 Å². The zero-order valence-electron chi connectivity index (χ0n) is 16.3. The molecule has 1 aromatic rings. The fourth-order valence-corrected chi connectivity index (χ4v) is 3.74. The summed E-state index contributed by atoms with van der Waals surface area (Å²) in [7, 11) is -1.19. The third-order valence-electron chi connectivity index (χ3n) is 4.57. The summed E-state index contributed by atoms with van der Waals surface area (Å²) in [6.07, 6.45) is 3.79. The fourth-order valence-electron chi connectivity index (χ4n) is 2.81. The number of nitrogens with one attached hydrogen (secondary N) is 2. The lowest BCUT2D eigenvalue weighted by molar-refractivity contribution is 0.348. The molecular weight excluding hydrogens is 350 g/mol. The molecule has 0 bridgehead atoms. The maximum Gasteiger partial charge on any atom is 0.191 e. The van der Waals surface area contributed by atoms with Crippen LogP contribution < -0.4 is 15.4 Å². The molecule has 0 spiro atoms. The minimum absolute atomic E-state index is 0.124. The van der Waals surface area contributed by atoms with E-state index in [4.69, 9.17) is 4.74 Å². The lowest BCUT2D eigenvalue weighted by Gasteiger charge is -2.25. The van der Waals surface area contributed by atoms with Crippen molar-refractivity contribution in [3.8, 4) is 5.75 Å². The Morgan fingerprint density at radius 1 is 1.31 bits per heavy atom. The highest BCUT2D eigenvalue weighted by molar-refractivity contribution is 7.90. The number of aliphatic imine (C=N–C) groups is 1. The van der Waals surface area contributed by atoms with E-state index < -0.39 is 9.84 Å². The van der Waals surface area contributed by atoms with Crippen LogP contribution in [0, 0.1) is 5.41 Å². The van der Waals surface area contributed by atoms with E-state index in [1.807, 2.05) is 0 Å². The molecule has 7 heteroatoms. The molecule has 1 aliphatic rings. The molecule has 2 rings (SSSR count). The molecule has 0 unspecified atom stereocenters. The number of hydrogen-bond acceptors (Lipinski definition) is 4. The number of benzene rings is 1. The minimum Gasteiger partial charge on any atom is -0.493 e. The van der Waals surface area contributed by atoms with Crippen molar-refractivity contribution in [3.05, 3.63) is 29.3 Å². The van der Waals surface area contributed by atoms with Gasteiger partial charge >= 0.3 is 0 Å². The van der Waals surface area contributed by atoms with E-state index in [1.165, 1.54) is 17.4 Å². The van der Waals surface area contributed by atoms with Gasteiger partial charge in [0, 0.05) is 32.8 Å². The smallest absolute Gasteiger partial charge is 0.191 e. The number of sulfone groups is 1. The van der Waals surface area contributed by atoms with Crippen LogP contribution in [0.3, 0.4) is 0 Å². The van der Waals surface area contributed by atoms with E-state index >= 15 is 0 Å². The van der Waals surface area contributed by atoms with Gasteiger partial charge in [0.1, 0.15) is 15.6 Å². The van der Waals surface area contributed by atoms with Gasteiger partial charge < -0.3 is 15.4 Å². The van der Waals surface area contributed by atoms with Crippen molar-refractivity contribution >= 4 is 15.8 Å². The predicted molar refractivity (Wildman–Crippen MR) is 107 cm³/mol. The molecule has 1 aromatic carbocycles. The molecule has 0 radical (unpaired) electrons. The lowest BCUT2D eigenvalue weighted by Crippen LogP contribution is -2.43. The quantitative estimate of drug-likeness (QED) is 0.530. The normalized spacial score (nSPS) is 14.7. The van der Waals surface area contributed by atoms with Gasteiger partial charge in [0.05, 0.1) is 12.4 Å². The number of rotatable bonds is 8. The first-order valence-electron chi connectivity index (χ1n) is 9.05. The average Bonchev–Trinajstić information content (AvgIpc) is 3.03. The second kappa shape index (κ2) is 8.75. The molecule has 146 valence electrons. The molecule has 2 N–H and O–H groups in total. The van der Waals surface area contributed by atoms with E-state index in [9.17, 15) is 8.42 Å². The van der Waals surface area contributed by atoms with Crippen molar-refractivity contribution < 1.29 is 13.2 Å². The summed E-state index contributed by atoms with van der Waals surface area (Å²) in [5.74, 6) is 1.95. The molecule has 1 aliphatic heterocycles.